The third kappa shape index (κ3) is 5.16. The Bertz CT molecular complexity index is 993. The average molecular weight is 481 g/mol. The molecule has 1 aliphatic carbocycles. The molecule has 2 aliphatic rings. The zero-order chi connectivity index (χ0) is 24.9. The van der Waals surface area contributed by atoms with Crippen molar-refractivity contribution in [3.8, 4) is 0 Å². The van der Waals surface area contributed by atoms with E-state index in [2.05, 4.69) is 64.6 Å². The molecule has 1 aromatic heterocycles. The maximum atomic E-state index is 13.5. The number of anilines is 1. The van der Waals surface area contributed by atoms with Gasteiger partial charge in [-0.05, 0) is 51.8 Å². The fourth-order valence-electron chi connectivity index (χ4n) is 5.74. The zero-order valence-corrected chi connectivity index (χ0v) is 20.9. The van der Waals surface area contributed by atoms with E-state index >= 15 is 0 Å². The van der Waals surface area contributed by atoms with Crippen LogP contribution in [0.2, 0.25) is 0 Å². The summed E-state index contributed by atoms with van der Waals surface area (Å²) in [6.45, 7) is 1.78. The lowest BCUT2D eigenvalue weighted by molar-refractivity contribution is -0.116. The SMILES string of the molecule is COCCCN1C(=O)N(CC(=O)Nc2cncnc2)C[C@]12CC[C@@](c1ccccc1)(N(C)C)CC2. The van der Waals surface area contributed by atoms with Crippen molar-refractivity contribution >= 4 is 17.6 Å². The molecule has 2 heterocycles. The molecule has 3 amide bonds. The van der Waals surface area contributed by atoms with Crippen LogP contribution < -0.4 is 5.32 Å². The molecular formula is C26H36N6O3. The summed E-state index contributed by atoms with van der Waals surface area (Å²) >= 11 is 0. The number of benzene rings is 1. The Morgan fingerprint density at radius 2 is 1.80 bits per heavy atom. The third-order valence-electron chi connectivity index (χ3n) is 7.64. The summed E-state index contributed by atoms with van der Waals surface area (Å²) in [5.74, 6) is -0.246. The summed E-state index contributed by atoms with van der Waals surface area (Å²) in [5, 5.41) is 2.79. The highest BCUT2D eigenvalue weighted by atomic mass is 16.5. The number of nitrogens with zero attached hydrogens (tertiary/aromatic N) is 5. The van der Waals surface area contributed by atoms with Gasteiger partial charge in [-0.15, -0.1) is 0 Å². The Kier molecular flexibility index (Phi) is 7.66. The van der Waals surface area contributed by atoms with Gasteiger partial charge in [-0.1, -0.05) is 30.3 Å². The Balaban J connectivity index is 1.52. The second-order valence-electron chi connectivity index (χ2n) is 9.83. The van der Waals surface area contributed by atoms with Crippen molar-refractivity contribution in [2.45, 2.75) is 43.2 Å². The van der Waals surface area contributed by atoms with Crippen LogP contribution in [0, 0.1) is 0 Å². The van der Waals surface area contributed by atoms with Crippen LogP contribution in [-0.4, -0.2) is 89.6 Å². The maximum absolute atomic E-state index is 13.5. The summed E-state index contributed by atoms with van der Waals surface area (Å²) in [7, 11) is 5.97. The van der Waals surface area contributed by atoms with Crippen molar-refractivity contribution in [1.29, 1.82) is 0 Å². The van der Waals surface area contributed by atoms with Gasteiger partial charge in [0.25, 0.3) is 0 Å². The van der Waals surface area contributed by atoms with Crippen molar-refractivity contribution < 1.29 is 14.3 Å². The van der Waals surface area contributed by atoms with Gasteiger partial charge >= 0.3 is 6.03 Å². The Hall–Kier alpha value is -3.04. The molecule has 4 rings (SSSR count). The molecule has 1 spiro atoms. The number of carbonyl (C=O) groups is 2. The number of methoxy groups -OCH3 is 1. The minimum absolute atomic E-state index is 0.00770. The predicted octanol–water partition coefficient (Wildman–Crippen LogP) is 2.96. The first-order valence-electron chi connectivity index (χ1n) is 12.2. The number of ether oxygens (including phenoxy) is 1. The number of rotatable bonds is 9. The van der Waals surface area contributed by atoms with E-state index in [4.69, 9.17) is 4.74 Å². The molecule has 0 bridgehead atoms. The van der Waals surface area contributed by atoms with Gasteiger partial charge in [-0.25, -0.2) is 14.8 Å². The number of urea groups is 1. The van der Waals surface area contributed by atoms with E-state index in [1.54, 1.807) is 24.4 Å². The van der Waals surface area contributed by atoms with Gasteiger partial charge in [-0.3, -0.25) is 9.69 Å². The smallest absolute Gasteiger partial charge is 0.321 e. The highest BCUT2D eigenvalue weighted by Gasteiger charge is 2.54. The van der Waals surface area contributed by atoms with Crippen LogP contribution in [-0.2, 0) is 15.1 Å². The molecule has 1 aromatic carbocycles. The lowest BCUT2D eigenvalue weighted by Gasteiger charge is -2.51. The van der Waals surface area contributed by atoms with Crippen LogP contribution in [0.25, 0.3) is 0 Å². The summed E-state index contributed by atoms with van der Waals surface area (Å²) in [5.41, 5.74) is 1.49. The summed E-state index contributed by atoms with van der Waals surface area (Å²) < 4.78 is 5.26. The Morgan fingerprint density at radius 1 is 1.11 bits per heavy atom. The zero-order valence-electron chi connectivity index (χ0n) is 20.9. The highest BCUT2D eigenvalue weighted by molar-refractivity contribution is 5.94. The lowest BCUT2D eigenvalue weighted by Crippen LogP contribution is -2.55. The van der Waals surface area contributed by atoms with Gasteiger partial charge in [0.15, 0.2) is 0 Å². The largest absolute Gasteiger partial charge is 0.385 e. The van der Waals surface area contributed by atoms with Gasteiger partial charge in [0.1, 0.15) is 12.9 Å². The van der Waals surface area contributed by atoms with Crippen molar-refractivity contribution in [2.24, 2.45) is 0 Å². The molecule has 0 atom stereocenters. The Labute approximate surface area is 207 Å². The molecule has 0 radical (unpaired) electrons. The van der Waals surface area contributed by atoms with Crippen molar-refractivity contribution in [3.05, 3.63) is 54.6 Å². The van der Waals surface area contributed by atoms with E-state index in [0.717, 1.165) is 32.1 Å². The third-order valence-corrected chi connectivity index (χ3v) is 7.64. The number of nitrogens with one attached hydrogen (secondary N) is 1. The summed E-state index contributed by atoms with van der Waals surface area (Å²) in [6.07, 6.45) is 8.91. The minimum Gasteiger partial charge on any atom is -0.385 e. The van der Waals surface area contributed by atoms with Gasteiger partial charge in [0.05, 0.1) is 23.6 Å². The van der Waals surface area contributed by atoms with Gasteiger partial charge < -0.3 is 19.9 Å². The second kappa shape index (κ2) is 10.7. The fraction of sp³-hybridized carbons (Fsp3) is 0.538. The second-order valence-corrected chi connectivity index (χ2v) is 9.83. The molecule has 1 saturated carbocycles. The molecule has 1 aliphatic heterocycles. The highest BCUT2D eigenvalue weighted by Crippen LogP contribution is 2.48. The first kappa shape index (κ1) is 25.1. The molecule has 1 saturated heterocycles. The van der Waals surface area contributed by atoms with Crippen LogP contribution in [0.4, 0.5) is 10.5 Å². The number of aromatic nitrogens is 2. The van der Waals surface area contributed by atoms with E-state index in [1.165, 1.54) is 11.9 Å². The molecule has 1 N–H and O–H groups in total. The van der Waals surface area contributed by atoms with Gasteiger partial charge in [0, 0.05) is 32.3 Å². The maximum Gasteiger partial charge on any atom is 0.321 e. The van der Waals surface area contributed by atoms with Crippen molar-refractivity contribution in [3.63, 3.8) is 0 Å². The van der Waals surface area contributed by atoms with E-state index in [9.17, 15) is 9.59 Å². The van der Waals surface area contributed by atoms with Crippen LogP contribution in [0.1, 0.15) is 37.7 Å². The normalized spacial score (nSPS) is 24.4. The first-order valence-corrected chi connectivity index (χ1v) is 12.2. The number of hydrogen-bond acceptors (Lipinski definition) is 6. The number of carbonyl (C=O) groups excluding carboxylic acids is 2. The van der Waals surface area contributed by atoms with Crippen molar-refractivity contribution in [1.82, 2.24) is 24.7 Å². The van der Waals surface area contributed by atoms with E-state index < -0.39 is 0 Å². The number of hydrogen-bond donors (Lipinski definition) is 1. The molecule has 9 heteroatoms. The molecule has 2 fully saturated rings. The lowest BCUT2D eigenvalue weighted by atomic mass is 9.68. The predicted molar refractivity (Wildman–Crippen MR) is 134 cm³/mol. The van der Waals surface area contributed by atoms with Crippen LogP contribution in [0.15, 0.2) is 49.1 Å². The molecule has 188 valence electrons. The molecule has 35 heavy (non-hydrogen) atoms. The van der Waals surface area contributed by atoms with Crippen LogP contribution in [0.5, 0.6) is 0 Å². The topological polar surface area (TPSA) is 90.9 Å². The monoisotopic (exact) mass is 480 g/mol. The first-order chi connectivity index (χ1) is 16.9. The van der Waals surface area contributed by atoms with Gasteiger partial charge in [0.2, 0.25) is 5.91 Å². The van der Waals surface area contributed by atoms with E-state index in [1.807, 2.05) is 4.90 Å². The average Bonchev–Trinajstić information content (AvgIpc) is 3.11. The number of amides is 3. The van der Waals surface area contributed by atoms with E-state index in [-0.39, 0.29) is 29.6 Å². The standard InChI is InChI=1S/C26H36N6O3/c1-30(2)26(21-8-5-4-6-9-21)12-10-25(11-13-26)19-31(24(34)32(25)14-7-15-35-3)18-23(33)29-22-16-27-20-28-17-22/h4-6,8-9,16-17,20H,7,10-15,18-19H2,1-3H3,(H,29,33)/t25-,26-. The van der Waals surface area contributed by atoms with Crippen LogP contribution in [0.3, 0.4) is 0 Å². The molecule has 2 aromatic rings. The minimum atomic E-state index is -0.282. The summed E-state index contributed by atoms with van der Waals surface area (Å²) in [6, 6.07) is 10.6. The molecule has 9 nitrogen and oxygen atoms in total. The quantitative estimate of drug-likeness (QED) is 0.555. The van der Waals surface area contributed by atoms with E-state index in [0.29, 0.717) is 25.4 Å². The van der Waals surface area contributed by atoms with Crippen LogP contribution >= 0.6 is 0 Å². The summed E-state index contributed by atoms with van der Waals surface area (Å²) in [4.78, 5) is 40.1. The van der Waals surface area contributed by atoms with Crippen molar-refractivity contribution in [2.75, 3.05) is 52.8 Å². The van der Waals surface area contributed by atoms with Gasteiger partial charge in [-0.2, -0.15) is 0 Å². The Morgan fingerprint density at radius 3 is 2.43 bits per heavy atom. The fourth-order valence-corrected chi connectivity index (χ4v) is 5.74. The molecule has 0 unspecified atom stereocenters. The molecular weight excluding hydrogens is 444 g/mol.